The first kappa shape index (κ1) is 24.6. The van der Waals surface area contributed by atoms with E-state index in [9.17, 15) is 19.8 Å². The summed E-state index contributed by atoms with van der Waals surface area (Å²) >= 11 is 0. The minimum atomic E-state index is -0.899. The minimum Gasteiger partial charge on any atom is -0.481 e. The molecule has 1 fully saturated rings. The van der Waals surface area contributed by atoms with E-state index >= 15 is 0 Å². The first-order valence-electron chi connectivity index (χ1n) is 9.01. The maximum atomic E-state index is 11.6. The summed E-state index contributed by atoms with van der Waals surface area (Å²) in [4.78, 5) is 22.6. The van der Waals surface area contributed by atoms with Gasteiger partial charge in [0.15, 0.2) is 0 Å². The lowest BCUT2D eigenvalue weighted by molar-refractivity contribution is -0.142. The predicted octanol–water partition coefficient (Wildman–Crippen LogP) is 1.37. The van der Waals surface area contributed by atoms with Gasteiger partial charge in [0, 0.05) is 19.1 Å². The summed E-state index contributed by atoms with van der Waals surface area (Å²) in [7, 11) is 0. The monoisotopic (exact) mass is 377 g/mol. The van der Waals surface area contributed by atoms with Crippen molar-refractivity contribution in [1.29, 1.82) is 0 Å². The molecule has 0 radical (unpaired) electrons. The van der Waals surface area contributed by atoms with E-state index in [2.05, 4.69) is 5.32 Å². The van der Waals surface area contributed by atoms with E-state index < -0.39 is 30.2 Å². The largest absolute Gasteiger partial charge is 0.481 e. The summed E-state index contributed by atoms with van der Waals surface area (Å²) in [6.45, 7) is 2.21. The van der Waals surface area contributed by atoms with Crippen LogP contribution in [0.2, 0.25) is 0 Å². The van der Waals surface area contributed by atoms with Gasteiger partial charge in [-0.15, -0.1) is 0 Å². The van der Waals surface area contributed by atoms with Gasteiger partial charge in [0.05, 0.1) is 24.7 Å². The van der Waals surface area contributed by atoms with Crippen LogP contribution in [0.4, 0.5) is 4.79 Å². The van der Waals surface area contributed by atoms with Crippen molar-refractivity contribution in [2.45, 2.75) is 65.1 Å². The fourth-order valence-electron chi connectivity index (χ4n) is 3.35. The van der Waals surface area contributed by atoms with Gasteiger partial charge in [0.1, 0.15) is 0 Å². The summed E-state index contributed by atoms with van der Waals surface area (Å²) in [5, 5.41) is 40.3. The van der Waals surface area contributed by atoms with Gasteiger partial charge in [-0.2, -0.15) is 0 Å². The number of aliphatic hydroxyl groups excluding tert-OH is 3. The average Bonchev–Trinajstić information content (AvgIpc) is 2.85. The first-order chi connectivity index (χ1) is 11.9. The first-order valence-corrected chi connectivity index (χ1v) is 9.01. The maximum absolute atomic E-state index is 11.6. The van der Waals surface area contributed by atoms with Crippen LogP contribution in [0.1, 0.15) is 52.9 Å². The minimum absolute atomic E-state index is 0. The Balaban J connectivity index is 0.00000625. The molecule has 0 aromatic carbocycles. The molecule has 1 aliphatic carbocycles. The maximum Gasteiger partial charge on any atom is 0.407 e. The topological polar surface area (TPSA) is 136 Å². The molecule has 8 heteroatoms. The van der Waals surface area contributed by atoms with Gasteiger partial charge < -0.3 is 30.5 Å². The fourth-order valence-corrected chi connectivity index (χ4v) is 3.35. The third kappa shape index (κ3) is 7.88. The standard InChI is InChI=1S/C17H31NO7.CH4/c1-2-4-11(16(22)23)6-7-18-17(24)25-8-3-5-12-9-13(10-19)15(21)14(12)20;/h11-15,19-21H,2-10H2,1H3,(H,18,24)(H,22,23);1H4. The van der Waals surface area contributed by atoms with Crippen molar-refractivity contribution in [3.05, 3.63) is 0 Å². The highest BCUT2D eigenvalue weighted by Crippen LogP contribution is 2.34. The zero-order valence-corrected chi connectivity index (χ0v) is 14.8. The molecule has 1 aliphatic rings. The summed E-state index contributed by atoms with van der Waals surface area (Å²) in [5.74, 6) is -1.71. The number of hydrogen-bond acceptors (Lipinski definition) is 6. The molecule has 1 amide bonds. The molecule has 8 nitrogen and oxygen atoms in total. The molecule has 154 valence electrons. The molecule has 0 saturated heterocycles. The summed E-state index contributed by atoms with van der Waals surface area (Å²) in [5.41, 5.74) is 0. The van der Waals surface area contributed by atoms with Crippen LogP contribution >= 0.6 is 0 Å². The number of aliphatic hydroxyl groups is 3. The molecule has 1 rings (SSSR count). The summed E-state index contributed by atoms with van der Waals surface area (Å²) in [6, 6.07) is 0. The molecule has 0 bridgehead atoms. The molecule has 0 spiro atoms. The Morgan fingerprint density at radius 2 is 1.85 bits per heavy atom. The molecule has 26 heavy (non-hydrogen) atoms. The Morgan fingerprint density at radius 3 is 2.38 bits per heavy atom. The smallest absolute Gasteiger partial charge is 0.407 e. The summed E-state index contributed by atoms with van der Waals surface area (Å²) < 4.78 is 5.03. The Morgan fingerprint density at radius 1 is 1.19 bits per heavy atom. The van der Waals surface area contributed by atoms with Crippen molar-refractivity contribution < 1.29 is 34.8 Å². The normalized spacial score (nSPS) is 26.0. The third-order valence-corrected chi connectivity index (χ3v) is 4.86. The van der Waals surface area contributed by atoms with Gasteiger partial charge in [0.25, 0.3) is 0 Å². The van der Waals surface area contributed by atoms with Crippen LogP contribution in [0.25, 0.3) is 0 Å². The highest BCUT2D eigenvalue weighted by atomic mass is 16.5. The van der Waals surface area contributed by atoms with E-state index in [1.54, 1.807) is 0 Å². The quantitative estimate of drug-likeness (QED) is 0.343. The molecule has 0 aliphatic heterocycles. The van der Waals surface area contributed by atoms with Gasteiger partial charge >= 0.3 is 12.1 Å². The van der Waals surface area contributed by atoms with Crippen molar-refractivity contribution in [1.82, 2.24) is 5.32 Å². The second-order valence-corrected chi connectivity index (χ2v) is 6.74. The number of rotatable bonds is 11. The molecular formula is C18H35NO7. The highest BCUT2D eigenvalue weighted by Gasteiger charge is 2.40. The SMILES string of the molecule is C.CCCC(CCNC(=O)OCCCC1CC(CO)C(O)C1O)C(=O)O. The number of carboxylic acid groups (broad SMARTS) is 1. The lowest BCUT2D eigenvalue weighted by Gasteiger charge is -2.16. The number of carboxylic acids is 1. The van der Waals surface area contributed by atoms with Gasteiger partial charge in [-0.1, -0.05) is 20.8 Å². The van der Waals surface area contributed by atoms with E-state index in [1.165, 1.54) is 0 Å². The van der Waals surface area contributed by atoms with Crippen molar-refractivity contribution in [3.63, 3.8) is 0 Å². The third-order valence-electron chi connectivity index (χ3n) is 4.86. The van der Waals surface area contributed by atoms with Crippen molar-refractivity contribution in [3.8, 4) is 0 Å². The van der Waals surface area contributed by atoms with E-state index in [-0.39, 0.29) is 39.0 Å². The van der Waals surface area contributed by atoms with E-state index in [0.29, 0.717) is 32.1 Å². The van der Waals surface area contributed by atoms with E-state index in [1.807, 2.05) is 6.92 Å². The number of ether oxygens (including phenoxy) is 1. The van der Waals surface area contributed by atoms with E-state index in [4.69, 9.17) is 14.9 Å². The molecule has 5 N–H and O–H groups in total. The average molecular weight is 377 g/mol. The highest BCUT2D eigenvalue weighted by molar-refractivity contribution is 5.70. The van der Waals surface area contributed by atoms with Crippen LogP contribution in [0.15, 0.2) is 0 Å². The van der Waals surface area contributed by atoms with Gasteiger partial charge in [-0.3, -0.25) is 4.79 Å². The Hall–Kier alpha value is -1.38. The van der Waals surface area contributed by atoms with Crippen LogP contribution in [0.5, 0.6) is 0 Å². The number of alkyl carbamates (subject to hydrolysis) is 1. The number of carbonyl (C=O) groups excluding carboxylic acids is 1. The fraction of sp³-hybridized carbons (Fsp3) is 0.889. The molecule has 0 aromatic rings. The molecule has 0 aromatic heterocycles. The van der Waals surface area contributed by atoms with Gasteiger partial charge in [-0.25, -0.2) is 4.79 Å². The van der Waals surface area contributed by atoms with Crippen LogP contribution in [0.3, 0.4) is 0 Å². The number of amides is 1. The Labute approximate surface area is 155 Å². The lowest BCUT2D eigenvalue weighted by Crippen LogP contribution is -2.30. The lowest BCUT2D eigenvalue weighted by atomic mass is 9.99. The Bertz CT molecular complexity index is 418. The number of carbonyl (C=O) groups is 2. The molecule has 1 saturated carbocycles. The molecule has 0 heterocycles. The van der Waals surface area contributed by atoms with Gasteiger partial charge in [-0.05, 0) is 38.0 Å². The summed E-state index contributed by atoms with van der Waals surface area (Å²) in [6.07, 6.45) is 1.10. The van der Waals surface area contributed by atoms with Crippen LogP contribution in [-0.2, 0) is 9.53 Å². The van der Waals surface area contributed by atoms with Crippen LogP contribution < -0.4 is 5.32 Å². The number of hydrogen-bond donors (Lipinski definition) is 5. The second-order valence-electron chi connectivity index (χ2n) is 6.74. The second kappa shape index (κ2) is 12.9. The van der Waals surface area contributed by atoms with Crippen molar-refractivity contribution in [2.75, 3.05) is 19.8 Å². The molecule has 5 atom stereocenters. The van der Waals surface area contributed by atoms with Crippen molar-refractivity contribution in [2.24, 2.45) is 17.8 Å². The molecule has 5 unspecified atom stereocenters. The van der Waals surface area contributed by atoms with Crippen molar-refractivity contribution >= 4 is 12.1 Å². The van der Waals surface area contributed by atoms with E-state index in [0.717, 1.165) is 6.42 Å². The Kier molecular flexibility index (Phi) is 12.2. The number of nitrogens with one attached hydrogen (secondary N) is 1. The number of aliphatic carboxylic acids is 1. The molecular weight excluding hydrogens is 342 g/mol. The zero-order valence-electron chi connectivity index (χ0n) is 14.8. The van der Waals surface area contributed by atoms with Gasteiger partial charge in [0.2, 0.25) is 0 Å². The van der Waals surface area contributed by atoms with Crippen LogP contribution in [-0.4, -0.2) is 64.5 Å². The zero-order chi connectivity index (χ0) is 18.8. The van der Waals surface area contributed by atoms with Crippen LogP contribution in [0, 0.1) is 17.8 Å². The predicted molar refractivity (Wildman–Crippen MR) is 96.7 cm³/mol.